The van der Waals surface area contributed by atoms with Crippen LogP contribution in [0.1, 0.15) is 26.3 Å². The van der Waals surface area contributed by atoms with Crippen molar-refractivity contribution in [3.8, 4) is 0 Å². The molecule has 0 bridgehead atoms. The van der Waals surface area contributed by atoms with Crippen LogP contribution in [0.4, 0.5) is 9.18 Å². The first kappa shape index (κ1) is 12.4. The fourth-order valence-electron chi connectivity index (χ4n) is 1.00. The maximum Gasteiger partial charge on any atom is 0.434 e. The van der Waals surface area contributed by atoms with Gasteiger partial charge in [0.05, 0.1) is 0 Å². The summed E-state index contributed by atoms with van der Waals surface area (Å²) in [6, 6.07) is 5.81. The first-order chi connectivity index (χ1) is 7.37. The molecule has 1 rings (SSSR count). The van der Waals surface area contributed by atoms with Crippen LogP contribution in [0.2, 0.25) is 0 Å². The van der Waals surface area contributed by atoms with E-state index in [2.05, 4.69) is 4.99 Å². The molecule has 1 aromatic rings. The van der Waals surface area contributed by atoms with Gasteiger partial charge in [-0.2, -0.15) is 4.99 Å². The van der Waals surface area contributed by atoms with E-state index in [1.54, 1.807) is 32.9 Å². The molecule has 0 spiro atoms. The summed E-state index contributed by atoms with van der Waals surface area (Å²) in [5, 5.41) is 0. The Morgan fingerprint density at radius 2 is 2.12 bits per heavy atom. The molecule has 0 saturated heterocycles. The Bertz CT molecular complexity index is 408. The van der Waals surface area contributed by atoms with Gasteiger partial charge in [-0.3, -0.25) is 0 Å². The molecule has 1 aromatic carbocycles. The summed E-state index contributed by atoms with van der Waals surface area (Å²) in [5.41, 5.74) is -0.0537. The molecule has 86 valence electrons. The molecule has 0 aliphatic carbocycles. The van der Waals surface area contributed by atoms with Crippen molar-refractivity contribution in [1.29, 1.82) is 0 Å². The van der Waals surface area contributed by atoms with E-state index < -0.39 is 11.7 Å². The van der Waals surface area contributed by atoms with E-state index in [4.69, 9.17) is 4.74 Å². The lowest BCUT2D eigenvalue weighted by molar-refractivity contribution is 0.0605. The number of carbonyl (C=O) groups excluding carboxylic acids is 1. The van der Waals surface area contributed by atoms with Crippen molar-refractivity contribution in [3.05, 3.63) is 35.6 Å². The van der Waals surface area contributed by atoms with Gasteiger partial charge < -0.3 is 4.74 Å². The molecule has 4 heteroatoms. The van der Waals surface area contributed by atoms with Crippen molar-refractivity contribution in [2.45, 2.75) is 26.4 Å². The Balaban J connectivity index is 2.64. The molecule has 0 saturated carbocycles. The van der Waals surface area contributed by atoms with Gasteiger partial charge in [-0.15, -0.1) is 0 Å². The number of benzene rings is 1. The van der Waals surface area contributed by atoms with Crippen LogP contribution in [0.3, 0.4) is 0 Å². The van der Waals surface area contributed by atoms with Gasteiger partial charge in [0, 0.05) is 6.21 Å². The minimum absolute atomic E-state index is 0.367. The standard InChI is InChI=1S/C12H14FNO2/c1-12(2,3)16-11(15)14-8-9-5-4-6-10(13)7-9/h4-8H,1-3H3/b14-8+. The van der Waals surface area contributed by atoms with Crippen molar-refractivity contribution < 1.29 is 13.9 Å². The van der Waals surface area contributed by atoms with E-state index >= 15 is 0 Å². The summed E-state index contributed by atoms with van der Waals surface area (Å²) in [6.45, 7) is 5.26. The first-order valence-electron chi connectivity index (χ1n) is 4.89. The van der Waals surface area contributed by atoms with Gasteiger partial charge in [0.2, 0.25) is 0 Å². The predicted molar refractivity (Wildman–Crippen MR) is 60.2 cm³/mol. The maximum atomic E-state index is 12.8. The van der Waals surface area contributed by atoms with E-state index in [0.717, 1.165) is 0 Å². The molecular weight excluding hydrogens is 209 g/mol. The number of halogens is 1. The van der Waals surface area contributed by atoms with Crippen molar-refractivity contribution in [3.63, 3.8) is 0 Å². The number of hydrogen-bond acceptors (Lipinski definition) is 2. The highest BCUT2D eigenvalue weighted by molar-refractivity contribution is 5.88. The van der Waals surface area contributed by atoms with Gasteiger partial charge in [-0.05, 0) is 38.5 Å². The van der Waals surface area contributed by atoms with Gasteiger partial charge >= 0.3 is 6.09 Å². The Morgan fingerprint density at radius 1 is 1.44 bits per heavy atom. The minimum atomic E-state index is -0.684. The van der Waals surface area contributed by atoms with Crippen LogP contribution in [0, 0.1) is 5.82 Å². The van der Waals surface area contributed by atoms with Gasteiger partial charge in [0.15, 0.2) is 0 Å². The van der Waals surface area contributed by atoms with Crippen molar-refractivity contribution in [1.82, 2.24) is 0 Å². The monoisotopic (exact) mass is 223 g/mol. The largest absolute Gasteiger partial charge is 0.442 e. The summed E-state index contributed by atoms with van der Waals surface area (Å²) < 4.78 is 17.7. The molecule has 0 aliphatic rings. The summed E-state index contributed by atoms with van der Waals surface area (Å²) in [6.07, 6.45) is 0.591. The van der Waals surface area contributed by atoms with Gasteiger partial charge in [-0.1, -0.05) is 12.1 Å². The second-order valence-electron chi connectivity index (χ2n) is 4.29. The summed E-state index contributed by atoms with van der Waals surface area (Å²) >= 11 is 0. The molecule has 0 fully saturated rings. The van der Waals surface area contributed by atoms with E-state index in [1.807, 2.05) is 0 Å². The number of aliphatic imine (C=N–C) groups is 1. The number of rotatable bonds is 1. The SMILES string of the molecule is CC(C)(C)OC(=O)/N=C/c1cccc(F)c1. The molecule has 16 heavy (non-hydrogen) atoms. The molecule has 0 heterocycles. The minimum Gasteiger partial charge on any atom is -0.442 e. The van der Waals surface area contributed by atoms with Gasteiger partial charge in [0.1, 0.15) is 11.4 Å². The van der Waals surface area contributed by atoms with Crippen LogP contribution in [0.25, 0.3) is 0 Å². The van der Waals surface area contributed by atoms with Crippen LogP contribution in [-0.2, 0) is 4.74 Å². The third kappa shape index (κ3) is 4.68. The number of carbonyl (C=O) groups is 1. The second kappa shape index (κ2) is 4.88. The third-order valence-electron chi connectivity index (χ3n) is 1.56. The normalized spacial score (nSPS) is 11.8. The molecule has 3 nitrogen and oxygen atoms in total. The Labute approximate surface area is 94.0 Å². The number of nitrogens with zero attached hydrogens (tertiary/aromatic N) is 1. The van der Waals surface area contributed by atoms with Crippen LogP contribution in [-0.4, -0.2) is 17.9 Å². The van der Waals surface area contributed by atoms with Gasteiger partial charge in [0.25, 0.3) is 0 Å². The highest BCUT2D eigenvalue weighted by Gasteiger charge is 2.14. The fourth-order valence-corrected chi connectivity index (χ4v) is 1.00. The number of ether oxygens (including phenoxy) is 1. The zero-order chi connectivity index (χ0) is 12.2. The Kier molecular flexibility index (Phi) is 3.77. The topological polar surface area (TPSA) is 38.7 Å². The van der Waals surface area contributed by atoms with Crippen molar-refractivity contribution in [2.75, 3.05) is 0 Å². The lowest BCUT2D eigenvalue weighted by atomic mass is 10.2. The lowest BCUT2D eigenvalue weighted by Gasteiger charge is -2.17. The molecule has 0 atom stereocenters. The smallest absolute Gasteiger partial charge is 0.434 e. The van der Waals surface area contributed by atoms with Crippen molar-refractivity contribution in [2.24, 2.45) is 4.99 Å². The quantitative estimate of drug-likeness (QED) is 0.686. The van der Waals surface area contributed by atoms with E-state index in [9.17, 15) is 9.18 Å². The molecule has 0 unspecified atom stereocenters. The summed E-state index contributed by atoms with van der Waals surface area (Å²) in [4.78, 5) is 14.8. The second-order valence-corrected chi connectivity index (χ2v) is 4.29. The van der Waals surface area contributed by atoms with Crippen LogP contribution >= 0.6 is 0 Å². The predicted octanol–water partition coefficient (Wildman–Crippen LogP) is 3.18. The van der Waals surface area contributed by atoms with Crippen molar-refractivity contribution >= 4 is 12.3 Å². The average molecular weight is 223 g/mol. The molecule has 1 amide bonds. The van der Waals surface area contributed by atoms with Crippen LogP contribution in [0.5, 0.6) is 0 Å². The molecule has 0 aliphatic heterocycles. The number of amides is 1. The average Bonchev–Trinajstić information content (AvgIpc) is 2.12. The zero-order valence-corrected chi connectivity index (χ0v) is 9.53. The molecular formula is C12H14FNO2. The lowest BCUT2D eigenvalue weighted by Crippen LogP contribution is -2.21. The third-order valence-corrected chi connectivity index (χ3v) is 1.56. The summed E-state index contributed by atoms with van der Waals surface area (Å²) in [7, 11) is 0. The Hall–Kier alpha value is -1.71. The van der Waals surface area contributed by atoms with Gasteiger partial charge in [-0.25, -0.2) is 9.18 Å². The maximum absolute atomic E-state index is 12.8. The highest BCUT2D eigenvalue weighted by Crippen LogP contribution is 2.08. The summed E-state index contributed by atoms with van der Waals surface area (Å²) in [5.74, 6) is -0.367. The first-order valence-corrected chi connectivity index (χ1v) is 4.89. The number of hydrogen-bond donors (Lipinski definition) is 0. The molecule has 0 radical (unpaired) electrons. The van der Waals surface area contributed by atoms with E-state index in [-0.39, 0.29) is 5.82 Å². The zero-order valence-electron chi connectivity index (χ0n) is 9.53. The van der Waals surface area contributed by atoms with E-state index in [0.29, 0.717) is 5.56 Å². The Morgan fingerprint density at radius 3 is 2.69 bits per heavy atom. The highest BCUT2D eigenvalue weighted by atomic mass is 19.1. The fraction of sp³-hybridized carbons (Fsp3) is 0.333. The van der Waals surface area contributed by atoms with Crippen LogP contribution in [0.15, 0.2) is 29.3 Å². The molecule has 0 N–H and O–H groups in total. The molecule has 0 aromatic heterocycles. The van der Waals surface area contributed by atoms with E-state index in [1.165, 1.54) is 18.3 Å². The van der Waals surface area contributed by atoms with Crippen LogP contribution < -0.4 is 0 Å².